The van der Waals surface area contributed by atoms with Crippen LogP contribution in [0.25, 0.3) is 10.8 Å². The van der Waals surface area contributed by atoms with Crippen LogP contribution < -0.4 is 5.73 Å². The van der Waals surface area contributed by atoms with E-state index in [-0.39, 0.29) is 5.75 Å². The standard InChI is InChI=1S/C10H9NO.C3H5N3/c11-10-8-4-2-1-3-7(8)5-6-9(10)12;1-3-4-2-5-6-3/h1-6,12H,11H2;2H,1H3,(H,4,5,6). The Bertz CT molecular complexity index is 635. The molecule has 5 heteroatoms. The minimum Gasteiger partial charge on any atom is -0.506 e. The maximum Gasteiger partial charge on any atom is 0.139 e. The lowest BCUT2D eigenvalue weighted by atomic mass is 10.1. The summed E-state index contributed by atoms with van der Waals surface area (Å²) in [6, 6.07) is 11.2. The number of nitrogens with one attached hydrogen (secondary N) is 1. The highest BCUT2D eigenvalue weighted by molar-refractivity contribution is 5.95. The molecule has 0 amide bonds. The highest BCUT2D eigenvalue weighted by Gasteiger charge is 2.00. The molecule has 0 aliphatic carbocycles. The summed E-state index contributed by atoms with van der Waals surface area (Å²) in [7, 11) is 0. The maximum atomic E-state index is 9.29. The molecule has 2 aromatic carbocycles. The highest BCUT2D eigenvalue weighted by atomic mass is 16.3. The summed E-state index contributed by atoms with van der Waals surface area (Å²) >= 11 is 0. The Hall–Kier alpha value is -2.56. The van der Waals surface area contributed by atoms with Crippen molar-refractivity contribution >= 4 is 16.5 Å². The Labute approximate surface area is 104 Å². The molecule has 1 aromatic heterocycles. The molecule has 5 nitrogen and oxygen atoms in total. The van der Waals surface area contributed by atoms with E-state index in [2.05, 4.69) is 15.2 Å². The van der Waals surface area contributed by atoms with Crippen LogP contribution in [0.1, 0.15) is 5.82 Å². The van der Waals surface area contributed by atoms with Crippen LogP contribution in [0.4, 0.5) is 5.69 Å². The predicted molar refractivity (Wildman–Crippen MR) is 71.1 cm³/mol. The lowest BCUT2D eigenvalue weighted by molar-refractivity contribution is 0.478. The molecule has 0 aliphatic heterocycles. The third-order valence-electron chi connectivity index (χ3n) is 2.48. The fraction of sp³-hybridized carbons (Fsp3) is 0.0769. The summed E-state index contributed by atoms with van der Waals surface area (Å²) < 4.78 is 0. The number of aromatic amines is 1. The number of hydrogen-bond donors (Lipinski definition) is 3. The number of benzene rings is 2. The fourth-order valence-electron chi connectivity index (χ4n) is 1.55. The van der Waals surface area contributed by atoms with Crippen molar-refractivity contribution in [2.45, 2.75) is 6.92 Å². The summed E-state index contributed by atoms with van der Waals surface area (Å²) in [4.78, 5) is 3.75. The van der Waals surface area contributed by atoms with Crippen LogP contribution >= 0.6 is 0 Å². The number of phenols is 1. The van der Waals surface area contributed by atoms with Crippen LogP contribution in [0.2, 0.25) is 0 Å². The molecule has 0 unspecified atom stereocenters. The topological polar surface area (TPSA) is 87.8 Å². The third kappa shape index (κ3) is 2.57. The highest BCUT2D eigenvalue weighted by Crippen LogP contribution is 2.28. The van der Waals surface area contributed by atoms with Crippen molar-refractivity contribution in [3.63, 3.8) is 0 Å². The number of phenolic OH excluding ortho intramolecular Hbond substituents is 1. The van der Waals surface area contributed by atoms with Gasteiger partial charge in [0.25, 0.3) is 0 Å². The van der Waals surface area contributed by atoms with Crippen LogP contribution in [-0.4, -0.2) is 20.3 Å². The zero-order valence-electron chi connectivity index (χ0n) is 9.96. The number of hydrogen-bond acceptors (Lipinski definition) is 4. The van der Waals surface area contributed by atoms with Crippen LogP contribution in [0, 0.1) is 6.92 Å². The second-order valence-corrected chi connectivity index (χ2v) is 3.79. The lowest BCUT2D eigenvalue weighted by Crippen LogP contribution is -1.86. The zero-order chi connectivity index (χ0) is 13.0. The average Bonchev–Trinajstić information content (AvgIpc) is 2.86. The Kier molecular flexibility index (Phi) is 3.43. The number of aromatic hydroxyl groups is 1. The molecule has 0 fully saturated rings. The first-order valence-corrected chi connectivity index (χ1v) is 5.46. The van der Waals surface area contributed by atoms with Crippen LogP contribution in [0.3, 0.4) is 0 Å². The van der Waals surface area contributed by atoms with E-state index in [1.54, 1.807) is 6.07 Å². The van der Waals surface area contributed by atoms with E-state index in [0.29, 0.717) is 5.69 Å². The van der Waals surface area contributed by atoms with Crippen LogP contribution in [0.15, 0.2) is 42.7 Å². The number of nitrogens with two attached hydrogens (primary N) is 1. The van der Waals surface area contributed by atoms with Gasteiger partial charge in [-0.05, 0) is 18.4 Å². The van der Waals surface area contributed by atoms with E-state index in [4.69, 9.17) is 5.73 Å². The van der Waals surface area contributed by atoms with Gasteiger partial charge in [0.05, 0.1) is 5.69 Å². The van der Waals surface area contributed by atoms with Crippen molar-refractivity contribution in [2.24, 2.45) is 0 Å². The van der Waals surface area contributed by atoms with Crippen molar-refractivity contribution in [2.75, 3.05) is 5.73 Å². The molecule has 0 radical (unpaired) electrons. The Morgan fingerprint density at radius 3 is 2.56 bits per heavy atom. The van der Waals surface area contributed by atoms with Gasteiger partial charge < -0.3 is 10.8 Å². The van der Waals surface area contributed by atoms with Crippen LogP contribution in [-0.2, 0) is 0 Å². The van der Waals surface area contributed by atoms with Crippen molar-refractivity contribution in [1.82, 2.24) is 15.2 Å². The molecular weight excluding hydrogens is 228 g/mol. The number of nitrogen functional groups attached to an aromatic ring is 1. The van der Waals surface area contributed by atoms with E-state index in [0.717, 1.165) is 16.6 Å². The average molecular weight is 242 g/mol. The van der Waals surface area contributed by atoms with E-state index in [1.165, 1.54) is 6.33 Å². The Balaban J connectivity index is 0.000000169. The first-order valence-electron chi connectivity index (χ1n) is 5.46. The summed E-state index contributed by atoms with van der Waals surface area (Å²) in [6.45, 7) is 1.85. The quantitative estimate of drug-likeness (QED) is 0.416. The second-order valence-electron chi connectivity index (χ2n) is 3.79. The first kappa shape index (κ1) is 11.9. The van der Waals surface area contributed by atoms with Crippen LogP contribution in [0.5, 0.6) is 5.75 Å². The summed E-state index contributed by atoms with van der Waals surface area (Å²) in [6.07, 6.45) is 1.48. The van der Waals surface area contributed by atoms with Gasteiger partial charge in [-0.2, -0.15) is 5.10 Å². The largest absolute Gasteiger partial charge is 0.506 e. The van der Waals surface area contributed by atoms with Crippen molar-refractivity contribution in [3.05, 3.63) is 48.5 Å². The van der Waals surface area contributed by atoms with Gasteiger partial charge >= 0.3 is 0 Å². The number of aromatic nitrogens is 3. The summed E-state index contributed by atoms with van der Waals surface area (Å²) in [5.41, 5.74) is 6.12. The molecule has 1 heterocycles. The van der Waals surface area contributed by atoms with Gasteiger partial charge in [-0.3, -0.25) is 5.10 Å². The van der Waals surface area contributed by atoms with E-state index in [1.807, 2.05) is 37.3 Å². The number of anilines is 1. The maximum absolute atomic E-state index is 9.29. The molecule has 3 rings (SSSR count). The predicted octanol–water partition coefficient (Wildman–Crippen LogP) is 2.24. The molecule has 0 spiro atoms. The number of nitrogens with zero attached hydrogens (tertiary/aromatic N) is 2. The monoisotopic (exact) mass is 242 g/mol. The smallest absolute Gasteiger partial charge is 0.139 e. The second kappa shape index (κ2) is 5.18. The molecule has 92 valence electrons. The molecule has 0 atom stereocenters. The number of fused-ring (bicyclic) bond motifs is 1. The molecule has 0 saturated heterocycles. The number of H-pyrrole nitrogens is 1. The molecule has 0 aliphatic rings. The molecular formula is C13H14N4O. The molecule has 0 bridgehead atoms. The van der Waals surface area contributed by atoms with Gasteiger partial charge in [-0.1, -0.05) is 30.3 Å². The molecule has 0 saturated carbocycles. The van der Waals surface area contributed by atoms with Gasteiger partial charge in [-0.25, -0.2) is 4.98 Å². The van der Waals surface area contributed by atoms with Gasteiger partial charge in [0.15, 0.2) is 0 Å². The van der Waals surface area contributed by atoms with Crippen molar-refractivity contribution in [3.8, 4) is 5.75 Å². The van der Waals surface area contributed by atoms with E-state index in [9.17, 15) is 5.11 Å². The normalized spacial score (nSPS) is 9.83. The zero-order valence-corrected chi connectivity index (χ0v) is 9.96. The van der Waals surface area contributed by atoms with Gasteiger partial charge in [0, 0.05) is 5.39 Å². The minimum atomic E-state index is 0.147. The van der Waals surface area contributed by atoms with Gasteiger partial charge in [-0.15, -0.1) is 0 Å². The Morgan fingerprint density at radius 1 is 1.17 bits per heavy atom. The lowest BCUT2D eigenvalue weighted by Gasteiger charge is -2.02. The van der Waals surface area contributed by atoms with Gasteiger partial charge in [0.2, 0.25) is 0 Å². The summed E-state index contributed by atoms with van der Waals surface area (Å²) in [5.74, 6) is 1.00. The molecule has 4 N–H and O–H groups in total. The number of rotatable bonds is 0. The molecule has 18 heavy (non-hydrogen) atoms. The molecule has 3 aromatic rings. The van der Waals surface area contributed by atoms with Gasteiger partial charge in [0.1, 0.15) is 17.9 Å². The van der Waals surface area contributed by atoms with Crippen molar-refractivity contribution in [1.29, 1.82) is 0 Å². The first-order chi connectivity index (χ1) is 8.68. The SMILES string of the molecule is Cc1ncn[nH]1.Nc1c(O)ccc2ccccc12. The summed E-state index contributed by atoms with van der Waals surface area (Å²) in [5, 5.41) is 17.5. The third-order valence-corrected chi connectivity index (χ3v) is 2.48. The van der Waals surface area contributed by atoms with E-state index >= 15 is 0 Å². The van der Waals surface area contributed by atoms with E-state index < -0.39 is 0 Å². The van der Waals surface area contributed by atoms with Crippen molar-refractivity contribution < 1.29 is 5.11 Å². The Morgan fingerprint density at radius 2 is 1.94 bits per heavy atom. The fourth-order valence-corrected chi connectivity index (χ4v) is 1.55. The number of aryl methyl sites for hydroxylation is 1. The minimum absolute atomic E-state index is 0.147.